The summed E-state index contributed by atoms with van der Waals surface area (Å²) in [6, 6.07) is 0. The van der Waals surface area contributed by atoms with E-state index in [9.17, 15) is 5.11 Å². The molecule has 0 saturated heterocycles. The minimum Gasteiger partial charge on any atom is -0.381 e. The van der Waals surface area contributed by atoms with E-state index in [0.29, 0.717) is 12.3 Å². The van der Waals surface area contributed by atoms with Gasteiger partial charge in [0.1, 0.15) is 5.60 Å². The van der Waals surface area contributed by atoms with Gasteiger partial charge in [-0.15, -0.1) is 5.10 Å². The number of aromatic nitrogens is 3. The Kier molecular flexibility index (Phi) is 3.00. The molecule has 0 aliphatic carbocycles. The number of aliphatic hydroxyl groups is 1. The van der Waals surface area contributed by atoms with Gasteiger partial charge < -0.3 is 9.84 Å². The number of nitrogens with zero attached hydrogens (tertiary/aromatic N) is 3. The molecular formula is C8H15N3O2. The Bertz CT molecular complexity index is 270. The van der Waals surface area contributed by atoms with Crippen molar-refractivity contribution in [3.8, 4) is 0 Å². The summed E-state index contributed by atoms with van der Waals surface area (Å²) in [7, 11) is 1.74. The molecule has 1 N–H and O–H groups in total. The lowest BCUT2D eigenvalue weighted by Gasteiger charge is -2.21. The summed E-state index contributed by atoms with van der Waals surface area (Å²) in [5, 5.41) is 17.4. The normalized spacial score (nSPS) is 15.7. The van der Waals surface area contributed by atoms with Gasteiger partial charge in [0.05, 0.1) is 18.5 Å². The van der Waals surface area contributed by atoms with Crippen LogP contribution in [0.3, 0.4) is 0 Å². The van der Waals surface area contributed by atoms with E-state index < -0.39 is 5.60 Å². The highest BCUT2D eigenvalue weighted by Crippen LogP contribution is 2.18. The van der Waals surface area contributed by atoms with Crippen molar-refractivity contribution in [2.75, 3.05) is 13.2 Å². The molecule has 0 bridgehead atoms. The van der Waals surface area contributed by atoms with E-state index in [-0.39, 0.29) is 6.61 Å². The number of aryl methyl sites for hydroxylation is 1. The largest absolute Gasteiger partial charge is 0.381 e. The molecule has 5 nitrogen and oxygen atoms in total. The first-order valence-corrected chi connectivity index (χ1v) is 4.23. The first-order valence-electron chi connectivity index (χ1n) is 4.23. The quantitative estimate of drug-likeness (QED) is 0.720. The lowest BCUT2D eigenvalue weighted by molar-refractivity contribution is -0.0395. The molecule has 0 aliphatic rings. The van der Waals surface area contributed by atoms with Crippen molar-refractivity contribution < 1.29 is 9.84 Å². The molecule has 1 rings (SSSR count). The van der Waals surface area contributed by atoms with Gasteiger partial charge in [-0.2, -0.15) is 0 Å². The summed E-state index contributed by atoms with van der Waals surface area (Å²) in [6.07, 6.45) is 1.54. The molecule has 0 saturated carbocycles. The Morgan fingerprint density at radius 3 is 2.85 bits per heavy atom. The number of hydrogen-bond donors (Lipinski definition) is 1. The molecule has 1 aromatic rings. The highest BCUT2D eigenvalue weighted by molar-refractivity contribution is 5.05. The molecule has 1 heterocycles. The third-order valence-corrected chi connectivity index (χ3v) is 1.85. The first kappa shape index (κ1) is 10.1. The summed E-state index contributed by atoms with van der Waals surface area (Å²) in [5.41, 5.74) is -0.366. The zero-order chi connectivity index (χ0) is 9.90. The van der Waals surface area contributed by atoms with Gasteiger partial charge in [-0.25, -0.2) is 4.68 Å². The van der Waals surface area contributed by atoms with Gasteiger partial charge in [-0.05, 0) is 13.8 Å². The average Bonchev–Trinajstić information content (AvgIpc) is 2.48. The van der Waals surface area contributed by atoms with Gasteiger partial charge in [-0.3, -0.25) is 0 Å². The van der Waals surface area contributed by atoms with Crippen molar-refractivity contribution >= 4 is 0 Å². The Morgan fingerprint density at radius 1 is 1.69 bits per heavy atom. The second kappa shape index (κ2) is 3.85. The molecule has 0 radical (unpaired) electrons. The maximum atomic E-state index is 9.96. The van der Waals surface area contributed by atoms with Crippen LogP contribution in [0, 0.1) is 0 Å². The molecule has 5 heteroatoms. The molecule has 1 aromatic heterocycles. The van der Waals surface area contributed by atoms with Crippen LogP contribution in [0.15, 0.2) is 6.20 Å². The fraction of sp³-hybridized carbons (Fsp3) is 0.750. The smallest absolute Gasteiger partial charge is 0.128 e. The van der Waals surface area contributed by atoms with E-state index in [4.69, 9.17) is 4.74 Å². The zero-order valence-corrected chi connectivity index (χ0v) is 8.19. The lowest BCUT2D eigenvalue weighted by Crippen LogP contribution is -2.30. The summed E-state index contributed by atoms with van der Waals surface area (Å²) in [4.78, 5) is 0. The molecule has 0 spiro atoms. The lowest BCUT2D eigenvalue weighted by atomic mass is 10.1. The minimum absolute atomic E-state index is 0.255. The number of ether oxygens (including phenoxy) is 1. The topological polar surface area (TPSA) is 60.2 Å². The third kappa shape index (κ3) is 2.26. The highest BCUT2D eigenvalue weighted by Gasteiger charge is 2.26. The average molecular weight is 185 g/mol. The molecule has 74 valence electrons. The van der Waals surface area contributed by atoms with Crippen LogP contribution in [0.2, 0.25) is 0 Å². The molecule has 1 atom stereocenters. The van der Waals surface area contributed by atoms with Crippen LogP contribution in [0.1, 0.15) is 19.5 Å². The van der Waals surface area contributed by atoms with Crippen molar-refractivity contribution in [1.29, 1.82) is 0 Å². The molecule has 0 aliphatic heterocycles. The monoisotopic (exact) mass is 185 g/mol. The fourth-order valence-electron chi connectivity index (χ4n) is 1.15. The van der Waals surface area contributed by atoms with Gasteiger partial charge in [0.25, 0.3) is 0 Å². The van der Waals surface area contributed by atoms with E-state index in [1.807, 2.05) is 6.92 Å². The maximum Gasteiger partial charge on any atom is 0.128 e. The Hall–Kier alpha value is -0.940. The van der Waals surface area contributed by atoms with Gasteiger partial charge in [-0.1, -0.05) is 5.21 Å². The molecule has 0 fully saturated rings. The van der Waals surface area contributed by atoms with Crippen LogP contribution in [-0.2, 0) is 17.4 Å². The number of hydrogen-bond acceptors (Lipinski definition) is 4. The van der Waals surface area contributed by atoms with Crippen LogP contribution >= 0.6 is 0 Å². The minimum atomic E-state index is -1.02. The van der Waals surface area contributed by atoms with Crippen molar-refractivity contribution in [2.45, 2.75) is 19.4 Å². The van der Waals surface area contributed by atoms with E-state index in [1.54, 1.807) is 24.9 Å². The predicted octanol–water partition coefficient (Wildman–Crippen LogP) is 0.0591. The van der Waals surface area contributed by atoms with Crippen LogP contribution in [0.25, 0.3) is 0 Å². The van der Waals surface area contributed by atoms with Crippen molar-refractivity contribution in [3.05, 3.63) is 11.9 Å². The molecule has 0 aromatic carbocycles. The third-order valence-electron chi connectivity index (χ3n) is 1.85. The summed E-state index contributed by atoms with van der Waals surface area (Å²) in [6.45, 7) is 4.41. The van der Waals surface area contributed by atoms with Crippen molar-refractivity contribution in [1.82, 2.24) is 15.0 Å². The van der Waals surface area contributed by atoms with Crippen LogP contribution in [0.5, 0.6) is 0 Å². The Labute approximate surface area is 77.3 Å². The predicted molar refractivity (Wildman–Crippen MR) is 47.1 cm³/mol. The second-order valence-corrected chi connectivity index (χ2v) is 3.15. The summed E-state index contributed by atoms with van der Waals surface area (Å²) < 4.78 is 6.70. The summed E-state index contributed by atoms with van der Waals surface area (Å²) >= 11 is 0. The molecular weight excluding hydrogens is 170 g/mol. The highest BCUT2D eigenvalue weighted by atomic mass is 16.5. The van der Waals surface area contributed by atoms with E-state index in [2.05, 4.69) is 10.3 Å². The summed E-state index contributed by atoms with van der Waals surface area (Å²) in [5.74, 6) is 0. The molecule has 0 amide bonds. The zero-order valence-electron chi connectivity index (χ0n) is 8.19. The van der Waals surface area contributed by atoms with Gasteiger partial charge in [0.2, 0.25) is 0 Å². The fourth-order valence-corrected chi connectivity index (χ4v) is 1.15. The Morgan fingerprint density at radius 2 is 2.38 bits per heavy atom. The van der Waals surface area contributed by atoms with Crippen LogP contribution < -0.4 is 0 Å². The first-order chi connectivity index (χ1) is 6.08. The van der Waals surface area contributed by atoms with Gasteiger partial charge in [0.15, 0.2) is 0 Å². The van der Waals surface area contributed by atoms with Crippen LogP contribution in [-0.4, -0.2) is 33.3 Å². The Balaban J connectivity index is 2.74. The maximum absolute atomic E-state index is 9.96. The number of rotatable bonds is 4. The van der Waals surface area contributed by atoms with E-state index in [0.717, 1.165) is 0 Å². The van der Waals surface area contributed by atoms with Crippen molar-refractivity contribution in [2.24, 2.45) is 7.05 Å². The van der Waals surface area contributed by atoms with Gasteiger partial charge in [0, 0.05) is 13.7 Å². The molecule has 13 heavy (non-hydrogen) atoms. The van der Waals surface area contributed by atoms with Crippen LogP contribution in [0.4, 0.5) is 0 Å². The molecule has 1 unspecified atom stereocenters. The van der Waals surface area contributed by atoms with E-state index >= 15 is 0 Å². The van der Waals surface area contributed by atoms with Gasteiger partial charge >= 0.3 is 0 Å². The second-order valence-electron chi connectivity index (χ2n) is 3.15. The standard InChI is InChI=1S/C8H15N3O2/c1-4-13-6-8(2,12)7-5-9-10-11(7)3/h5,12H,4,6H2,1-3H3. The SMILES string of the molecule is CCOCC(C)(O)c1cnnn1C. The van der Waals surface area contributed by atoms with Crippen molar-refractivity contribution in [3.63, 3.8) is 0 Å². The van der Waals surface area contributed by atoms with E-state index in [1.165, 1.54) is 0 Å².